The number of nitrogens with one attached hydrogen (secondary N) is 1. The maximum atomic E-state index is 12.1. The van der Waals surface area contributed by atoms with Gasteiger partial charge in [-0.15, -0.1) is 0 Å². The van der Waals surface area contributed by atoms with Gasteiger partial charge < -0.3 is 14.8 Å². The molecule has 10 heteroatoms. The Bertz CT molecular complexity index is 791. The molecular formula is C14H13ClN4O5. The van der Waals surface area contributed by atoms with E-state index in [9.17, 15) is 14.9 Å². The van der Waals surface area contributed by atoms with Crippen molar-refractivity contribution in [1.82, 2.24) is 9.78 Å². The molecule has 0 fully saturated rings. The fourth-order valence-corrected chi connectivity index (χ4v) is 2.35. The third-order valence-corrected chi connectivity index (χ3v) is 3.56. The minimum Gasteiger partial charge on any atom is -0.490 e. The summed E-state index contributed by atoms with van der Waals surface area (Å²) in [6.07, 6.45) is 3.01. The molecule has 24 heavy (non-hydrogen) atoms. The van der Waals surface area contributed by atoms with Crippen LogP contribution in [-0.2, 0) is 11.3 Å². The number of amides is 1. The van der Waals surface area contributed by atoms with Crippen LogP contribution in [0.5, 0.6) is 11.5 Å². The third-order valence-electron chi connectivity index (χ3n) is 3.25. The predicted molar refractivity (Wildman–Crippen MR) is 84.6 cm³/mol. The minimum absolute atomic E-state index is 0.182. The quantitative estimate of drug-likeness (QED) is 0.667. The lowest BCUT2D eigenvalue weighted by molar-refractivity contribution is -0.385. The molecule has 2 heterocycles. The van der Waals surface area contributed by atoms with E-state index in [1.807, 2.05) is 0 Å². The van der Waals surface area contributed by atoms with E-state index in [0.29, 0.717) is 35.4 Å². The second kappa shape index (κ2) is 6.75. The van der Waals surface area contributed by atoms with E-state index >= 15 is 0 Å². The fourth-order valence-electron chi connectivity index (χ4n) is 2.15. The smallest absolute Gasteiger partial charge is 0.307 e. The number of hydrogen-bond donors (Lipinski definition) is 1. The number of aromatic nitrogens is 2. The first-order valence-electron chi connectivity index (χ1n) is 7.09. The van der Waals surface area contributed by atoms with Crippen LogP contribution >= 0.6 is 11.6 Å². The van der Waals surface area contributed by atoms with Crippen LogP contribution in [0.25, 0.3) is 0 Å². The molecule has 1 aliphatic heterocycles. The Morgan fingerprint density at radius 1 is 1.38 bits per heavy atom. The zero-order valence-corrected chi connectivity index (χ0v) is 13.2. The van der Waals surface area contributed by atoms with Gasteiger partial charge in [0.15, 0.2) is 11.5 Å². The van der Waals surface area contributed by atoms with E-state index in [4.69, 9.17) is 21.1 Å². The zero-order chi connectivity index (χ0) is 17.1. The van der Waals surface area contributed by atoms with Crippen LogP contribution < -0.4 is 14.8 Å². The molecule has 1 N–H and O–H groups in total. The van der Waals surface area contributed by atoms with Gasteiger partial charge in [-0.1, -0.05) is 11.6 Å². The molecule has 0 saturated carbocycles. The summed E-state index contributed by atoms with van der Waals surface area (Å²) < 4.78 is 12.2. The maximum Gasteiger partial charge on any atom is 0.307 e. The van der Waals surface area contributed by atoms with Crippen molar-refractivity contribution in [2.24, 2.45) is 0 Å². The van der Waals surface area contributed by atoms with Gasteiger partial charge in [-0.2, -0.15) is 5.10 Å². The number of carbonyl (C=O) groups is 1. The Labute approximate surface area is 141 Å². The molecule has 1 amide bonds. The van der Waals surface area contributed by atoms with Crippen molar-refractivity contribution in [2.45, 2.75) is 13.0 Å². The average molecular weight is 353 g/mol. The monoisotopic (exact) mass is 352 g/mol. The molecule has 0 atom stereocenters. The van der Waals surface area contributed by atoms with Gasteiger partial charge in [0, 0.05) is 18.6 Å². The number of benzene rings is 1. The highest BCUT2D eigenvalue weighted by atomic mass is 35.5. The first-order valence-corrected chi connectivity index (χ1v) is 7.46. The van der Waals surface area contributed by atoms with Gasteiger partial charge in [0.2, 0.25) is 5.91 Å². The summed E-state index contributed by atoms with van der Waals surface area (Å²) in [4.78, 5) is 22.1. The normalized spacial score (nSPS) is 13.2. The van der Waals surface area contributed by atoms with Crippen LogP contribution in [0.4, 0.5) is 11.4 Å². The Morgan fingerprint density at radius 2 is 2.08 bits per heavy atom. The van der Waals surface area contributed by atoms with Crippen molar-refractivity contribution in [1.29, 1.82) is 0 Å². The topological polar surface area (TPSA) is 109 Å². The van der Waals surface area contributed by atoms with Crippen LogP contribution in [0.3, 0.4) is 0 Å². The summed E-state index contributed by atoms with van der Waals surface area (Å²) in [7, 11) is 0. The average Bonchev–Trinajstić information content (AvgIpc) is 2.87. The van der Waals surface area contributed by atoms with E-state index in [2.05, 4.69) is 10.4 Å². The number of hydrogen-bond acceptors (Lipinski definition) is 6. The third kappa shape index (κ3) is 3.57. The van der Waals surface area contributed by atoms with E-state index in [1.165, 1.54) is 10.9 Å². The molecule has 9 nitrogen and oxygen atoms in total. The zero-order valence-electron chi connectivity index (χ0n) is 12.4. The van der Waals surface area contributed by atoms with Crippen molar-refractivity contribution >= 4 is 28.9 Å². The molecule has 0 unspecified atom stereocenters. The molecule has 3 rings (SSSR count). The highest BCUT2D eigenvalue weighted by Crippen LogP contribution is 2.37. The molecule has 0 aliphatic carbocycles. The summed E-state index contributed by atoms with van der Waals surface area (Å²) >= 11 is 6.15. The number of nitro groups is 1. The van der Waals surface area contributed by atoms with E-state index in [1.54, 1.807) is 12.1 Å². The van der Waals surface area contributed by atoms with Crippen LogP contribution in [0, 0.1) is 10.1 Å². The second-order valence-corrected chi connectivity index (χ2v) is 5.44. The van der Waals surface area contributed by atoms with Gasteiger partial charge in [-0.3, -0.25) is 19.6 Å². The number of rotatable bonds is 4. The summed E-state index contributed by atoms with van der Waals surface area (Å²) in [6.45, 7) is 0.866. The van der Waals surface area contributed by atoms with Crippen molar-refractivity contribution < 1.29 is 19.2 Å². The summed E-state index contributed by atoms with van der Waals surface area (Å²) in [5, 5.41) is 17.3. The standard InChI is InChI=1S/C14H13ClN4O5/c15-10-4-12-13(24-3-1-2-23-12)5-11(10)17-14(20)8-18-7-9(6-16-18)19(21)22/h4-7H,1-3,8H2,(H,17,20). The molecule has 1 aromatic carbocycles. The second-order valence-electron chi connectivity index (χ2n) is 5.03. The molecule has 2 aromatic rings. The summed E-state index contributed by atoms with van der Waals surface area (Å²) in [5.74, 6) is 0.601. The lowest BCUT2D eigenvalue weighted by atomic mass is 10.2. The Hall–Kier alpha value is -2.81. The summed E-state index contributed by atoms with van der Waals surface area (Å²) in [5.41, 5.74) is 0.184. The molecule has 1 aliphatic rings. The van der Waals surface area contributed by atoms with Crippen LogP contribution in [0.1, 0.15) is 6.42 Å². The molecule has 126 valence electrons. The number of nitrogens with zero attached hydrogens (tertiary/aromatic N) is 3. The highest BCUT2D eigenvalue weighted by molar-refractivity contribution is 6.34. The number of anilines is 1. The number of ether oxygens (including phenoxy) is 2. The van der Waals surface area contributed by atoms with Gasteiger partial charge in [0.05, 0.1) is 28.8 Å². The SMILES string of the molecule is O=C(Cn1cc([N+](=O)[O-])cn1)Nc1cc2c(cc1Cl)OCCCO2. The van der Waals surface area contributed by atoms with Gasteiger partial charge in [0.1, 0.15) is 18.9 Å². The molecule has 0 spiro atoms. The van der Waals surface area contributed by atoms with E-state index < -0.39 is 10.8 Å². The fraction of sp³-hybridized carbons (Fsp3) is 0.286. The van der Waals surface area contributed by atoms with Crippen molar-refractivity contribution in [2.75, 3.05) is 18.5 Å². The summed E-state index contributed by atoms with van der Waals surface area (Å²) in [6, 6.07) is 3.17. The maximum absolute atomic E-state index is 12.1. The van der Waals surface area contributed by atoms with Crippen LogP contribution in [0.2, 0.25) is 5.02 Å². The predicted octanol–water partition coefficient (Wildman–Crippen LogP) is 2.24. The lowest BCUT2D eigenvalue weighted by Crippen LogP contribution is -2.19. The largest absolute Gasteiger partial charge is 0.490 e. The molecular weight excluding hydrogens is 340 g/mol. The van der Waals surface area contributed by atoms with Crippen LogP contribution in [0.15, 0.2) is 24.5 Å². The van der Waals surface area contributed by atoms with E-state index in [-0.39, 0.29) is 12.2 Å². The first-order chi connectivity index (χ1) is 11.5. The number of fused-ring (bicyclic) bond motifs is 1. The molecule has 1 aromatic heterocycles. The molecule has 0 radical (unpaired) electrons. The van der Waals surface area contributed by atoms with E-state index in [0.717, 1.165) is 12.6 Å². The number of halogens is 1. The Kier molecular flexibility index (Phi) is 4.52. The minimum atomic E-state index is -0.581. The van der Waals surface area contributed by atoms with Crippen LogP contribution in [-0.4, -0.2) is 33.8 Å². The van der Waals surface area contributed by atoms with Gasteiger partial charge in [-0.25, -0.2) is 0 Å². The van der Waals surface area contributed by atoms with Crippen molar-refractivity contribution in [3.8, 4) is 11.5 Å². The highest BCUT2D eigenvalue weighted by Gasteiger charge is 2.16. The van der Waals surface area contributed by atoms with Crippen molar-refractivity contribution in [3.05, 3.63) is 39.7 Å². The first kappa shape index (κ1) is 16.1. The Morgan fingerprint density at radius 3 is 2.75 bits per heavy atom. The van der Waals surface area contributed by atoms with Gasteiger partial charge in [0.25, 0.3) is 0 Å². The molecule has 0 saturated heterocycles. The Balaban J connectivity index is 1.71. The van der Waals surface area contributed by atoms with Crippen molar-refractivity contribution in [3.63, 3.8) is 0 Å². The number of carbonyl (C=O) groups excluding carboxylic acids is 1. The van der Waals surface area contributed by atoms with Gasteiger partial charge >= 0.3 is 5.69 Å². The lowest BCUT2D eigenvalue weighted by Gasteiger charge is -2.12. The molecule has 0 bridgehead atoms. The van der Waals surface area contributed by atoms with Gasteiger partial charge in [-0.05, 0) is 0 Å².